The van der Waals surface area contributed by atoms with Crippen molar-refractivity contribution in [3.8, 4) is 5.75 Å². The highest BCUT2D eigenvalue weighted by atomic mass is 79.9. The lowest BCUT2D eigenvalue weighted by Crippen LogP contribution is -2.31. The number of aliphatic hydroxyl groups excluding tert-OH is 1. The van der Waals surface area contributed by atoms with Gasteiger partial charge in [0.15, 0.2) is 0 Å². The van der Waals surface area contributed by atoms with Gasteiger partial charge in [0.2, 0.25) is 0 Å². The van der Waals surface area contributed by atoms with Crippen LogP contribution >= 0.6 is 15.9 Å². The molecule has 1 aliphatic rings. The number of imidazole rings is 1. The first-order valence-corrected chi connectivity index (χ1v) is 12.0. The summed E-state index contributed by atoms with van der Waals surface area (Å²) in [7, 11) is 0. The minimum atomic E-state index is -0.681. The molecule has 1 amide bonds. The fourth-order valence-electron chi connectivity index (χ4n) is 4.03. The van der Waals surface area contributed by atoms with E-state index in [0.717, 1.165) is 16.5 Å². The number of likely N-dealkylation sites (tertiary alicyclic amines) is 1. The topological polar surface area (TPSA) is 84.7 Å². The van der Waals surface area contributed by atoms with Crippen LogP contribution in [0.1, 0.15) is 36.9 Å². The van der Waals surface area contributed by atoms with Crippen molar-refractivity contribution < 1.29 is 19.4 Å². The summed E-state index contributed by atoms with van der Waals surface area (Å²) in [6.07, 6.45) is 6.80. The number of hydrogen-bond acceptors (Lipinski definition) is 5. The van der Waals surface area contributed by atoms with Gasteiger partial charge in [0.25, 0.3) is 11.7 Å². The van der Waals surface area contributed by atoms with Gasteiger partial charge >= 0.3 is 0 Å². The number of aromatic nitrogens is 2. The SMILES string of the molecule is CCCOc1ccc(C(O)=C2C(=O)C(=O)N(CCCn3ccnc3)[C@@H]2c2ccc(Br)cc2)cc1. The van der Waals surface area contributed by atoms with Crippen LogP contribution in [-0.2, 0) is 16.1 Å². The number of ketones is 1. The standard InChI is InChI=1S/C26H26BrN3O4/c1-2-16-34-21-10-6-19(7-11-21)24(31)22-23(18-4-8-20(27)9-5-18)30(26(33)25(22)32)14-3-13-29-15-12-28-17-29/h4-12,15,17,23,31H,2-3,13-14,16H2,1H3/t23-/m1/s1. The number of halogens is 1. The molecule has 4 rings (SSSR count). The summed E-state index contributed by atoms with van der Waals surface area (Å²) >= 11 is 3.43. The maximum absolute atomic E-state index is 13.1. The van der Waals surface area contributed by atoms with Crippen molar-refractivity contribution in [2.75, 3.05) is 13.2 Å². The van der Waals surface area contributed by atoms with Crippen LogP contribution in [0.2, 0.25) is 0 Å². The number of aryl methyl sites for hydroxylation is 1. The summed E-state index contributed by atoms with van der Waals surface area (Å²) in [5, 5.41) is 11.2. The first-order chi connectivity index (χ1) is 16.5. The number of Topliss-reactive ketones (excluding diaryl/α,β-unsaturated/α-hetero) is 1. The van der Waals surface area contributed by atoms with Crippen molar-refractivity contribution >= 4 is 33.4 Å². The van der Waals surface area contributed by atoms with Gasteiger partial charge in [-0.05, 0) is 54.8 Å². The van der Waals surface area contributed by atoms with Crippen LogP contribution in [0.4, 0.5) is 0 Å². The lowest BCUT2D eigenvalue weighted by atomic mass is 9.95. The molecule has 0 aliphatic carbocycles. The molecule has 2 heterocycles. The van der Waals surface area contributed by atoms with E-state index in [9.17, 15) is 14.7 Å². The van der Waals surface area contributed by atoms with Crippen molar-refractivity contribution in [3.05, 3.63) is 88.4 Å². The molecule has 1 atom stereocenters. The molecule has 0 unspecified atom stereocenters. The Hall–Kier alpha value is -3.39. The van der Waals surface area contributed by atoms with E-state index >= 15 is 0 Å². The fraction of sp³-hybridized carbons (Fsp3) is 0.269. The summed E-state index contributed by atoms with van der Waals surface area (Å²) in [4.78, 5) is 31.8. The first kappa shape index (κ1) is 23.8. The maximum atomic E-state index is 13.1. The molecule has 0 spiro atoms. The number of rotatable bonds is 9. The largest absolute Gasteiger partial charge is 0.507 e. The van der Waals surface area contributed by atoms with Crippen LogP contribution in [0.3, 0.4) is 0 Å². The third-order valence-electron chi connectivity index (χ3n) is 5.70. The van der Waals surface area contributed by atoms with E-state index in [1.54, 1.807) is 41.7 Å². The second-order valence-corrected chi connectivity index (χ2v) is 8.99. The lowest BCUT2D eigenvalue weighted by molar-refractivity contribution is -0.139. The Balaban J connectivity index is 1.67. The Morgan fingerprint density at radius 1 is 1.09 bits per heavy atom. The first-order valence-electron chi connectivity index (χ1n) is 11.2. The van der Waals surface area contributed by atoms with Crippen molar-refractivity contribution in [1.82, 2.24) is 14.5 Å². The average molecular weight is 524 g/mol. The zero-order chi connectivity index (χ0) is 24.1. The molecule has 0 radical (unpaired) electrons. The number of nitrogens with zero attached hydrogens (tertiary/aromatic N) is 3. The van der Waals surface area contributed by atoms with Crippen molar-refractivity contribution in [2.24, 2.45) is 0 Å². The number of amides is 1. The molecule has 1 fully saturated rings. The second-order valence-electron chi connectivity index (χ2n) is 8.07. The number of hydrogen-bond donors (Lipinski definition) is 1. The zero-order valence-electron chi connectivity index (χ0n) is 18.9. The quantitative estimate of drug-likeness (QED) is 0.243. The van der Waals surface area contributed by atoms with Gasteiger partial charge in [0, 0.05) is 35.5 Å². The van der Waals surface area contributed by atoms with E-state index in [2.05, 4.69) is 20.9 Å². The van der Waals surface area contributed by atoms with E-state index in [1.165, 1.54) is 0 Å². The van der Waals surface area contributed by atoms with E-state index in [0.29, 0.717) is 37.4 Å². The third kappa shape index (κ3) is 5.07. The van der Waals surface area contributed by atoms with Gasteiger partial charge in [-0.3, -0.25) is 9.59 Å². The highest BCUT2D eigenvalue weighted by Crippen LogP contribution is 2.40. The van der Waals surface area contributed by atoms with Crippen LogP contribution in [-0.4, -0.2) is 44.4 Å². The summed E-state index contributed by atoms with van der Waals surface area (Å²) in [6, 6.07) is 13.7. The summed E-state index contributed by atoms with van der Waals surface area (Å²) in [6.45, 7) is 3.65. The highest BCUT2D eigenvalue weighted by molar-refractivity contribution is 9.10. The average Bonchev–Trinajstić information content (AvgIpc) is 3.45. The van der Waals surface area contributed by atoms with Crippen LogP contribution in [0, 0.1) is 0 Å². The highest BCUT2D eigenvalue weighted by Gasteiger charge is 2.45. The molecule has 1 aliphatic heterocycles. The molecule has 0 saturated carbocycles. The van der Waals surface area contributed by atoms with Crippen molar-refractivity contribution in [3.63, 3.8) is 0 Å². The van der Waals surface area contributed by atoms with Gasteiger partial charge in [-0.1, -0.05) is 35.0 Å². The molecule has 0 bridgehead atoms. The maximum Gasteiger partial charge on any atom is 0.295 e. The smallest absolute Gasteiger partial charge is 0.295 e. The molecular formula is C26H26BrN3O4. The van der Waals surface area contributed by atoms with Crippen molar-refractivity contribution in [2.45, 2.75) is 32.4 Å². The normalized spacial score (nSPS) is 17.4. The molecule has 1 aromatic heterocycles. The third-order valence-corrected chi connectivity index (χ3v) is 6.23. The molecule has 8 heteroatoms. The van der Waals surface area contributed by atoms with Crippen LogP contribution in [0.5, 0.6) is 5.75 Å². The number of ether oxygens (including phenoxy) is 1. The summed E-state index contributed by atoms with van der Waals surface area (Å²) in [5.41, 5.74) is 1.31. The minimum Gasteiger partial charge on any atom is -0.507 e. The molecule has 7 nitrogen and oxygen atoms in total. The molecule has 1 N–H and O–H groups in total. The molecule has 34 heavy (non-hydrogen) atoms. The number of benzene rings is 2. The fourth-order valence-corrected chi connectivity index (χ4v) is 4.29. The number of carbonyl (C=O) groups excluding carboxylic acids is 2. The Kier molecular flexibility index (Phi) is 7.47. The Bertz CT molecular complexity index is 1170. The molecule has 176 valence electrons. The second kappa shape index (κ2) is 10.7. The summed E-state index contributed by atoms with van der Waals surface area (Å²) in [5.74, 6) is -0.796. The van der Waals surface area contributed by atoms with Crippen LogP contribution < -0.4 is 4.74 Å². The van der Waals surface area contributed by atoms with Crippen LogP contribution in [0.15, 0.2) is 77.3 Å². The predicted octanol–water partition coefficient (Wildman–Crippen LogP) is 4.95. The Labute approximate surface area is 206 Å². The molecular weight excluding hydrogens is 498 g/mol. The van der Waals surface area contributed by atoms with Crippen LogP contribution in [0.25, 0.3) is 5.76 Å². The number of carbonyl (C=O) groups is 2. The van der Waals surface area contributed by atoms with Gasteiger partial charge in [0.1, 0.15) is 11.5 Å². The number of aliphatic hydroxyl groups is 1. The summed E-state index contributed by atoms with van der Waals surface area (Å²) < 4.78 is 8.42. The monoisotopic (exact) mass is 523 g/mol. The van der Waals surface area contributed by atoms with Gasteiger partial charge in [-0.15, -0.1) is 0 Å². The van der Waals surface area contributed by atoms with Gasteiger partial charge < -0.3 is 19.3 Å². The molecule has 2 aromatic carbocycles. The minimum absolute atomic E-state index is 0.0946. The van der Waals surface area contributed by atoms with Gasteiger partial charge in [0.05, 0.1) is 24.5 Å². The zero-order valence-corrected chi connectivity index (χ0v) is 20.4. The van der Waals surface area contributed by atoms with Crippen molar-refractivity contribution in [1.29, 1.82) is 0 Å². The molecule has 1 saturated heterocycles. The van der Waals surface area contributed by atoms with E-state index < -0.39 is 17.7 Å². The predicted molar refractivity (Wildman–Crippen MR) is 132 cm³/mol. The lowest BCUT2D eigenvalue weighted by Gasteiger charge is -2.25. The van der Waals surface area contributed by atoms with Gasteiger partial charge in [-0.25, -0.2) is 4.98 Å². The Morgan fingerprint density at radius 3 is 2.47 bits per heavy atom. The van der Waals surface area contributed by atoms with E-state index in [1.807, 2.05) is 42.0 Å². The molecule has 3 aromatic rings. The van der Waals surface area contributed by atoms with Gasteiger partial charge in [-0.2, -0.15) is 0 Å². The Morgan fingerprint density at radius 2 is 1.82 bits per heavy atom. The van der Waals surface area contributed by atoms with E-state index in [-0.39, 0.29) is 11.3 Å². The van der Waals surface area contributed by atoms with E-state index in [4.69, 9.17) is 4.74 Å².